The lowest BCUT2D eigenvalue weighted by Gasteiger charge is -2.32. The molecule has 0 atom stereocenters. The topological polar surface area (TPSA) is 6.48 Å². The van der Waals surface area contributed by atoms with E-state index in [-0.39, 0.29) is 0 Å². The number of rotatable bonds is 2. The minimum absolute atomic E-state index is 0.855. The van der Waals surface area contributed by atoms with E-state index in [0.717, 1.165) is 42.2 Å². The fourth-order valence-corrected chi connectivity index (χ4v) is 2.63. The molecular formula is C12H16BrClN2. The number of hydrogen-bond acceptors (Lipinski definition) is 2. The van der Waals surface area contributed by atoms with Crippen LogP contribution in [0.25, 0.3) is 0 Å². The van der Waals surface area contributed by atoms with Gasteiger partial charge in [0.15, 0.2) is 0 Å². The largest absolute Gasteiger partial charge is 0.304 e. The normalized spacial score (nSPS) is 18.9. The zero-order valence-corrected chi connectivity index (χ0v) is 11.8. The van der Waals surface area contributed by atoms with Gasteiger partial charge in [0.1, 0.15) is 0 Å². The maximum atomic E-state index is 6.21. The Balaban J connectivity index is 1.98. The van der Waals surface area contributed by atoms with Crippen LogP contribution in [0, 0.1) is 0 Å². The van der Waals surface area contributed by atoms with Crippen molar-refractivity contribution in [3.63, 3.8) is 0 Å². The highest BCUT2D eigenvalue weighted by Crippen LogP contribution is 2.22. The smallest absolute Gasteiger partial charge is 0.0462 e. The average molecular weight is 304 g/mol. The number of benzene rings is 1. The van der Waals surface area contributed by atoms with Gasteiger partial charge in [-0.2, -0.15) is 0 Å². The van der Waals surface area contributed by atoms with Crippen LogP contribution in [0.2, 0.25) is 5.02 Å². The summed E-state index contributed by atoms with van der Waals surface area (Å²) in [6.45, 7) is 5.51. The van der Waals surface area contributed by atoms with Crippen LogP contribution in [-0.2, 0) is 6.54 Å². The van der Waals surface area contributed by atoms with Crippen molar-refractivity contribution in [3.8, 4) is 0 Å². The molecule has 1 aliphatic rings. The van der Waals surface area contributed by atoms with E-state index in [9.17, 15) is 0 Å². The van der Waals surface area contributed by atoms with E-state index in [1.165, 1.54) is 5.56 Å². The molecule has 2 rings (SSSR count). The Hall–Kier alpha value is -0.0900. The van der Waals surface area contributed by atoms with Crippen molar-refractivity contribution in [1.29, 1.82) is 0 Å². The second-order valence-corrected chi connectivity index (χ2v) is 5.64. The van der Waals surface area contributed by atoms with Crippen molar-refractivity contribution in [2.24, 2.45) is 0 Å². The molecule has 0 spiro atoms. The van der Waals surface area contributed by atoms with Crippen molar-refractivity contribution in [2.75, 3.05) is 33.2 Å². The molecule has 0 bridgehead atoms. The van der Waals surface area contributed by atoms with Crippen LogP contribution in [0.1, 0.15) is 5.56 Å². The summed E-state index contributed by atoms with van der Waals surface area (Å²) in [6.07, 6.45) is 0. The number of piperazine rings is 1. The molecule has 1 aromatic rings. The number of hydrogen-bond donors (Lipinski definition) is 0. The molecule has 0 saturated carbocycles. The maximum Gasteiger partial charge on any atom is 0.0462 e. The molecule has 16 heavy (non-hydrogen) atoms. The van der Waals surface area contributed by atoms with Crippen LogP contribution in [0.5, 0.6) is 0 Å². The SMILES string of the molecule is CN1CCN(Cc2ccc(Br)cc2Cl)CC1. The predicted octanol–water partition coefficient (Wildman–Crippen LogP) is 2.85. The van der Waals surface area contributed by atoms with Crippen molar-refractivity contribution in [2.45, 2.75) is 6.54 Å². The third-order valence-corrected chi connectivity index (χ3v) is 3.85. The van der Waals surface area contributed by atoms with Gasteiger partial charge in [-0.25, -0.2) is 0 Å². The van der Waals surface area contributed by atoms with E-state index in [0.29, 0.717) is 0 Å². The van der Waals surface area contributed by atoms with Gasteiger partial charge in [0.2, 0.25) is 0 Å². The highest BCUT2D eigenvalue weighted by atomic mass is 79.9. The zero-order valence-electron chi connectivity index (χ0n) is 9.42. The molecule has 4 heteroatoms. The summed E-state index contributed by atoms with van der Waals surface area (Å²) in [5.41, 5.74) is 1.22. The molecule has 0 unspecified atom stereocenters. The van der Waals surface area contributed by atoms with Crippen LogP contribution in [0.15, 0.2) is 22.7 Å². The number of nitrogens with zero attached hydrogens (tertiary/aromatic N) is 2. The molecular weight excluding hydrogens is 288 g/mol. The van der Waals surface area contributed by atoms with Crippen molar-refractivity contribution >= 4 is 27.5 Å². The van der Waals surface area contributed by atoms with Gasteiger partial charge in [-0.15, -0.1) is 0 Å². The molecule has 88 valence electrons. The quantitative estimate of drug-likeness (QED) is 0.829. The summed E-state index contributed by atoms with van der Waals surface area (Å²) in [5, 5.41) is 0.855. The summed E-state index contributed by atoms with van der Waals surface area (Å²) < 4.78 is 1.04. The van der Waals surface area contributed by atoms with E-state index < -0.39 is 0 Å². The van der Waals surface area contributed by atoms with Gasteiger partial charge in [-0.05, 0) is 24.7 Å². The van der Waals surface area contributed by atoms with Gasteiger partial charge in [-0.3, -0.25) is 4.90 Å². The first-order chi connectivity index (χ1) is 7.65. The molecule has 0 aromatic heterocycles. The first-order valence-corrected chi connectivity index (χ1v) is 6.67. The van der Waals surface area contributed by atoms with Gasteiger partial charge in [0.25, 0.3) is 0 Å². The predicted molar refractivity (Wildman–Crippen MR) is 71.9 cm³/mol. The summed E-state index contributed by atoms with van der Waals surface area (Å²) in [7, 11) is 2.17. The Kier molecular flexibility index (Phi) is 4.25. The van der Waals surface area contributed by atoms with Gasteiger partial charge in [0, 0.05) is 42.2 Å². The van der Waals surface area contributed by atoms with Crippen molar-refractivity contribution in [3.05, 3.63) is 33.3 Å². The second-order valence-electron chi connectivity index (χ2n) is 4.32. The van der Waals surface area contributed by atoms with Gasteiger partial charge in [0.05, 0.1) is 0 Å². The van der Waals surface area contributed by atoms with Crippen LogP contribution in [0.3, 0.4) is 0 Å². The first kappa shape index (κ1) is 12.4. The highest BCUT2D eigenvalue weighted by molar-refractivity contribution is 9.10. The monoisotopic (exact) mass is 302 g/mol. The van der Waals surface area contributed by atoms with Crippen LogP contribution >= 0.6 is 27.5 Å². The maximum absolute atomic E-state index is 6.21. The minimum Gasteiger partial charge on any atom is -0.304 e. The molecule has 1 aromatic carbocycles. The molecule has 1 fully saturated rings. The third kappa shape index (κ3) is 3.20. The fraction of sp³-hybridized carbons (Fsp3) is 0.500. The summed E-state index contributed by atoms with van der Waals surface area (Å²) in [4.78, 5) is 4.81. The lowest BCUT2D eigenvalue weighted by molar-refractivity contribution is 0.148. The highest BCUT2D eigenvalue weighted by Gasteiger charge is 2.14. The van der Waals surface area contributed by atoms with Gasteiger partial charge < -0.3 is 4.90 Å². The average Bonchev–Trinajstić information content (AvgIpc) is 2.25. The Morgan fingerprint density at radius 3 is 2.56 bits per heavy atom. The standard InChI is InChI=1S/C12H16BrClN2/c1-15-4-6-16(7-5-15)9-10-2-3-11(13)8-12(10)14/h2-3,8H,4-7,9H2,1H3. The lowest BCUT2D eigenvalue weighted by atomic mass is 10.2. The van der Waals surface area contributed by atoms with Crippen LogP contribution in [0.4, 0.5) is 0 Å². The van der Waals surface area contributed by atoms with E-state index >= 15 is 0 Å². The molecule has 2 nitrogen and oxygen atoms in total. The molecule has 0 aliphatic carbocycles. The molecule has 0 radical (unpaired) electrons. The fourth-order valence-electron chi connectivity index (χ4n) is 1.90. The first-order valence-electron chi connectivity index (χ1n) is 5.50. The Morgan fingerprint density at radius 1 is 1.25 bits per heavy atom. The summed E-state index contributed by atoms with van der Waals surface area (Å²) in [6, 6.07) is 6.12. The lowest BCUT2D eigenvalue weighted by Crippen LogP contribution is -2.43. The molecule has 1 heterocycles. The third-order valence-electron chi connectivity index (χ3n) is 3.00. The van der Waals surface area contributed by atoms with Crippen molar-refractivity contribution in [1.82, 2.24) is 9.80 Å². The van der Waals surface area contributed by atoms with Gasteiger partial charge in [-0.1, -0.05) is 33.6 Å². The molecule has 1 saturated heterocycles. The summed E-state index contributed by atoms with van der Waals surface area (Å²) >= 11 is 9.63. The van der Waals surface area contributed by atoms with E-state index in [1.807, 2.05) is 6.07 Å². The van der Waals surface area contributed by atoms with Crippen molar-refractivity contribution < 1.29 is 0 Å². The van der Waals surface area contributed by atoms with E-state index in [1.54, 1.807) is 0 Å². The molecule has 0 amide bonds. The number of likely N-dealkylation sites (N-methyl/N-ethyl adjacent to an activating group) is 1. The molecule has 0 N–H and O–H groups in total. The summed E-state index contributed by atoms with van der Waals surface area (Å²) in [5.74, 6) is 0. The van der Waals surface area contributed by atoms with Gasteiger partial charge >= 0.3 is 0 Å². The van der Waals surface area contributed by atoms with Crippen LogP contribution < -0.4 is 0 Å². The zero-order chi connectivity index (χ0) is 11.5. The molecule has 1 aliphatic heterocycles. The second kappa shape index (κ2) is 5.50. The van der Waals surface area contributed by atoms with E-state index in [4.69, 9.17) is 11.6 Å². The Morgan fingerprint density at radius 2 is 1.94 bits per heavy atom. The van der Waals surface area contributed by atoms with E-state index in [2.05, 4.69) is 44.9 Å². The number of halogens is 2. The Bertz CT molecular complexity index is 362. The van der Waals surface area contributed by atoms with Crippen LogP contribution in [-0.4, -0.2) is 43.0 Å². The minimum atomic E-state index is 0.855. The Labute approximate surface area is 110 Å².